The normalized spacial score (nSPS) is 16.2. The van der Waals surface area contributed by atoms with E-state index >= 15 is 0 Å². The van der Waals surface area contributed by atoms with Crippen molar-refractivity contribution in [3.8, 4) is 28.2 Å². The third-order valence-electron chi connectivity index (χ3n) is 8.80. The summed E-state index contributed by atoms with van der Waals surface area (Å²) >= 11 is 0. The molecule has 0 radical (unpaired) electrons. The van der Waals surface area contributed by atoms with Gasteiger partial charge in [0.15, 0.2) is 0 Å². The van der Waals surface area contributed by atoms with Gasteiger partial charge in [-0.1, -0.05) is 62.6 Å². The van der Waals surface area contributed by atoms with E-state index < -0.39 is 5.54 Å². The number of nitrogens with one attached hydrogen (secondary N) is 1. The number of tetrazole rings is 1. The number of rotatable bonds is 8. The minimum atomic E-state index is -0.510. The maximum atomic E-state index is 13.6. The maximum Gasteiger partial charge on any atom is 0.256 e. The maximum absolute atomic E-state index is 13.6. The summed E-state index contributed by atoms with van der Waals surface area (Å²) in [6.07, 6.45) is 9.02. The van der Waals surface area contributed by atoms with Crippen LogP contribution in [-0.2, 0) is 11.3 Å². The molecular weight excluding hydrogens is 522 g/mol. The van der Waals surface area contributed by atoms with Gasteiger partial charge in [-0.05, 0) is 89.4 Å². The molecule has 0 bridgehead atoms. The SMILES string of the molecule is CCCCC1=NC2(CCCC2)C(=O)N1Cc1ccc(-c2cc(-n3ccc4ccc(C)cc43)ccc2-c2nn[nH]n2)cc1. The number of hydrogen-bond acceptors (Lipinski definition) is 5. The average Bonchev–Trinajstić information content (AvgIpc) is 3.82. The molecule has 1 aliphatic heterocycles. The molecule has 1 fully saturated rings. The first-order chi connectivity index (χ1) is 20.5. The van der Waals surface area contributed by atoms with E-state index in [2.05, 4.69) is 112 Å². The highest BCUT2D eigenvalue weighted by Crippen LogP contribution is 2.40. The average molecular weight is 558 g/mol. The second-order valence-electron chi connectivity index (χ2n) is 11.7. The van der Waals surface area contributed by atoms with Gasteiger partial charge in [0, 0.05) is 23.9 Å². The largest absolute Gasteiger partial charge is 0.317 e. The summed E-state index contributed by atoms with van der Waals surface area (Å²) in [5.74, 6) is 1.71. The second kappa shape index (κ2) is 10.7. The zero-order valence-electron chi connectivity index (χ0n) is 24.2. The fourth-order valence-electron chi connectivity index (χ4n) is 6.53. The lowest BCUT2D eigenvalue weighted by Crippen LogP contribution is -2.40. The standard InChI is InChI=1S/C34H35N7O/c1-3-4-7-31-35-34(17-5-6-18-34)33(42)41(31)22-24-9-12-25(13-10-24)29-21-27(14-15-28(29)32-36-38-39-37-32)40-19-16-26-11-8-23(2)20-30(26)40/h8-16,19-21H,3-7,17-18,22H2,1-2H3,(H,36,37,38,39). The van der Waals surface area contributed by atoms with E-state index in [0.717, 1.165) is 78.7 Å². The van der Waals surface area contributed by atoms with Crippen molar-refractivity contribution in [2.75, 3.05) is 0 Å². The third kappa shape index (κ3) is 4.61. The number of amidine groups is 1. The molecule has 1 amide bonds. The van der Waals surface area contributed by atoms with Gasteiger partial charge in [-0.2, -0.15) is 5.21 Å². The van der Waals surface area contributed by atoms with Crippen LogP contribution >= 0.6 is 0 Å². The molecule has 3 aromatic carbocycles. The molecule has 0 atom stereocenters. The van der Waals surface area contributed by atoms with Gasteiger partial charge in [-0.15, -0.1) is 10.2 Å². The number of carbonyl (C=O) groups is 1. The number of unbranched alkanes of at least 4 members (excludes halogenated alkanes) is 1. The van der Waals surface area contributed by atoms with Gasteiger partial charge in [0.05, 0.1) is 12.1 Å². The van der Waals surface area contributed by atoms with Gasteiger partial charge in [-0.25, -0.2) is 0 Å². The van der Waals surface area contributed by atoms with E-state index in [4.69, 9.17) is 4.99 Å². The van der Waals surface area contributed by atoms with E-state index in [-0.39, 0.29) is 5.91 Å². The van der Waals surface area contributed by atoms with E-state index in [1.165, 1.54) is 16.5 Å². The number of amides is 1. The first-order valence-corrected chi connectivity index (χ1v) is 15.0. The van der Waals surface area contributed by atoms with Crippen LogP contribution in [0.2, 0.25) is 0 Å². The number of H-pyrrole nitrogens is 1. The lowest BCUT2D eigenvalue weighted by molar-refractivity contribution is -0.131. The zero-order chi connectivity index (χ0) is 28.7. The number of nitrogens with zero attached hydrogens (tertiary/aromatic N) is 6. The zero-order valence-corrected chi connectivity index (χ0v) is 24.2. The fraction of sp³-hybridized carbons (Fsp3) is 0.324. The minimum Gasteiger partial charge on any atom is -0.317 e. The van der Waals surface area contributed by atoms with Gasteiger partial charge < -0.3 is 4.57 Å². The third-order valence-corrected chi connectivity index (χ3v) is 8.80. The Labute approximate surface area is 245 Å². The molecule has 1 spiro atoms. The van der Waals surface area contributed by atoms with Crippen molar-refractivity contribution in [3.05, 3.63) is 84.1 Å². The highest BCUT2D eigenvalue weighted by molar-refractivity contribution is 6.08. The summed E-state index contributed by atoms with van der Waals surface area (Å²) in [6, 6.07) is 23.5. The fourth-order valence-corrected chi connectivity index (χ4v) is 6.53. The number of aliphatic imine (C=N–C) groups is 1. The van der Waals surface area contributed by atoms with Crippen molar-refractivity contribution in [1.29, 1.82) is 0 Å². The Hall–Kier alpha value is -4.59. The van der Waals surface area contributed by atoms with Crippen LogP contribution in [0.15, 0.2) is 77.9 Å². The molecule has 0 unspecified atom stereocenters. The van der Waals surface area contributed by atoms with Gasteiger partial charge in [-0.3, -0.25) is 14.7 Å². The monoisotopic (exact) mass is 557 g/mol. The van der Waals surface area contributed by atoms with E-state index in [1.807, 2.05) is 4.90 Å². The van der Waals surface area contributed by atoms with Crippen molar-refractivity contribution < 1.29 is 4.79 Å². The molecule has 42 heavy (non-hydrogen) atoms. The Morgan fingerprint density at radius 2 is 1.79 bits per heavy atom. The van der Waals surface area contributed by atoms with Crippen LogP contribution in [0.1, 0.15) is 63.0 Å². The van der Waals surface area contributed by atoms with Crippen LogP contribution in [-0.4, -0.2) is 47.4 Å². The van der Waals surface area contributed by atoms with Gasteiger partial charge >= 0.3 is 0 Å². The Balaban J connectivity index is 1.22. The van der Waals surface area contributed by atoms with Crippen LogP contribution in [0.5, 0.6) is 0 Å². The van der Waals surface area contributed by atoms with Crippen molar-refractivity contribution >= 4 is 22.6 Å². The molecule has 1 aliphatic carbocycles. The summed E-state index contributed by atoms with van der Waals surface area (Å²) < 4.78 is 2.22. The summed E-state index contributed by atoms with van der Waals surface area (Å²) in [5, 5.41) is 16.1. The van der Waals surface area contributed by atoms with Gasteiger partial charge in [0.2, 0.25) is 5.82 Å². The summed E-state index contributed by atoms with van der Waals surface area (Å²) in [6.45, 7) is 4.85. The Morgan fingerprint density at radius 1 is 0.952 bits per heavy atom. The smallest absolute Gasteiger partial charge is 0.256 e. The molecule has 8 heteroatoms. The van der Waals surface area contributed by atoms with Crippen LogP contribution in [0.3, 0.4) is 0 Å². The van der Waals surface area contributed by atoms with Crippen molar-refractivity contribution in [3.63, 3.8) is 0 Å². The quantitative estimate of drug-likeness (QED) is 0.222. The minimum absolute atomic E-state index is 0.191. The molecule has 2 aromatic heterocycles. The molecular formula is C34H35N7O. The lowest BCUT2D eigenvalue weighted by Gasteiger charge is -2.23. The van der Waals surface area contributed by atoms with Crippen molar-refractivity contribution in [2.24, 2.45) is 4.99 Å². The molecule has 8 nitrogen and oxygen atoms in total. The molecule has 1 saturated carbocycles. The van der Waals surface area contributed by atoms with Crippen LogP contribution in [0, 0.1) is 6.92 Å². The molecule has 2 aliphatic rings. The van der Waals surface area contributed by atoms with Crippen LogP contribution in [0.25, 0.3) is 39.1 Å². The Kier molecular flexibility index (Phi) is 6.69. The van der Waals surface area contributed by atoms with Crippen LogP contribution in [0.4, 0.5) is 0 Å². The molecule has 212 valence electrons. The second-order valence-corrected chi connectivity index (χ2v) is 11.7. The van der Waals surface area contributed by atoms with Crippen molar-refractivity contribution in [2.45, 2.75) is 70.9 Å². The van der Waals surface area contributed by atoms with Crippen LogP contribution < -0.4 is 0 Å². The summed E-state index contributed by atoms with van der Waals surface area (Å²) in [4.78, 5) is 20.6. The number of hydrogen-bond donors (Lipinski definition) is 1. The number of aryl methyl sites for hydroxylation is 1. The molecule has 5 aromatic rings. The Bertz CT molecular complexity index is 1780. The van der Waals surface area contributed by atoms with E-state index in [9.17, 15) is 4.79 Å². The number of carbonyl (C=O) groups excluding carboxylic acids is 1. The lowest BCUT2D eigenvalue weighted by atomic mass is 9.96. The molecule has 1 N–H and O–H groups in total. The van der Waals surface area contributed by atoms with E-state index in [0.29, 0.717) is 12.4 Å². The van der Waals surface area contributed by atoms with Gasteiger partial charge in [0.25, 0.3) is 5.91 Å². The van der Waals surface area contributed by atoms with Crippen molar-refractivity contribution in [1.82, 2.24) is 30.1 Å². The number of aromatic amines is 1. The predicted molar refractivity (Wildman–Crippen MR) is 165 cm³/mol. The highest BCUT2D eigenvalue weighted by atomic mass is 16.2. The number of aromatic nitrogens is 5. The molecule has 7 rings (SSSR count). The summed E-state index contributed by atoms with van der Waals surface area (Å²) in [5.41, 5.74) is 7.00. The predicted octanol–water partition coefficient (Wildman–Crippen LogP) is 7.03. The summed E-state index contributed by atoms with van der Waals surface area (Å²) in [7, 11) is 0. The first-order valence-electron chi connectivity index (χ1n) is 15.0. The molecule has 3 heterocycles. The number of fused-ring (bicyclic) bond motifs is 1. The topological polar surface area (TPSA) is 92.1 Å². The first kappa shape index (κ1) is 26.3. The molecule has 0 saturated heterocycles. The van der Waals surface area contributed by atoms with E-state index in [1.54, 1.807) is 0 Å². The van der Waals surface area contributed by atoms with Gasteiger partial charge in [0.1, 0.15) is 11.4 Å². The Morgan fingerprint density at radius 3 is 2.55 bits per heavy atom. The number of benzene rings is 3. The highest BCUT2D eigenvalue weighted by Gasteiger charge is 2.49.